The lowest BCUT2D eigenvalue weighted by atomic mass is 10.2. The topological polar surface area (TPSA) is 93.9 Å². The third-order valence-corrected chi connectivity index (χ3v) is 3.57. The van der Waals surface area contributed by atoms with E-state index in [1.54, 1.807) is 6.07 Å². The molecule has 0 saturated carbocycles. The Kier molecular flexibility index (Phi) is 4.57. The molecular formula is C12H14N4O3S. The minimum Gasteiger partial charge on any atom is -0.496 e. The molecule has 7 nitrogen and oxygen atoms in total. The first-order valence-corrected chi connectivity index (χ1v) is 6.98. The fraction of sp³-hybridized carbons (Fsp3) is 0.333. The van der Waals surface area contributed by atoms with Gasteiger partial charge in [0.2, 0.25) is 5.16 Å². The summed E-state index contributed by atoms with van der Waals surface area (Å²) in [6, 6.07) is 4.54. The molecule has 1 aromatic carbocycles. The van der Waals surface area contributed by atoms with Crippen LogP contribution in [0, 0.1) is 10.1 Å². The van der Waals surface area contributed by atoms with Crippen LogP contribution in [0.4, 0.5) is 5.69 Å². The maximum absolute atomic E-state index is 10.8. The van der Waals surface area contributed by atoms with E-state index in [0.29, 0.717) is 16.7 Å². The van der Waals surface area contributed by atoms with E-state index in [4.69, 9.17) is 4.74 Å². The maximum atomic E-state index is 10.8. The predicted molar refractivity (Wildman–Crippen MR) is 75.0 cm³/mol. The van der Waals surface area contributed by atoms with Crippen molar-refractivity contribution >= 4 is 17.4 Å². The summed E-state index contributed by atoms with van der Waals surface area (Å²) in [6.45, 7) is 1.98. The van der Waals surface area contributed by atoms with Crippen LogP contribution < -0.4 is 4.74 Å². The van der Waals surface area contributed by atoms with Crippen LogP contribution in [-0.4, -0.2) is 27.2 Å². The Morgan fingerprint density at radius 2 is 2.30 bits per heavy atom. The number of hydrogen-bond acceptors (Lipinski definition) is 6. The second-order valence-electron chi connectivity index (χ2n) is 3.96. The molecule has 2 aromatic rings. The van der Waals surface area contributed by atoms with Gasteiger partial charge in [-0.15, -0.1) is 5.10 Å². The van der Waals surface area contributed by atoms with Gasteiger partial charge in [-0.2, -0.15) is 0 Å². The molecule has 8 heteroatoms. The normalized spacial score (nSPS) is 10.5. The van der Waals surface area contributed by atoms with Crippen LogP contribution >= 0.6 is 11.8 Å². The number of aromatic amines is 1. The number of H-pyrrole nitrogens is 1. The monoisotopic (exact) mass is 294 g/mol. The van der Waals surface area contributed by atoms with E-state index in [-0.39, 0.29) is 5.69 Å². The van der Waals surface area contributed by atoms with E-state index in [1.807, 2.05) is 6.92 Å². The molecule has 0 atom stereocenters. The molecule has 106 valence electrons. The summed E-state index contributed by atoms with van der Waals surface area (Å²) in [7, 11) is 1.54. The summed E-state index contributed by atoms with van der Waals surface area (Å²) in [4.78, 5) is 14.7. The zero-order chi connectivity index (χ0) is 14.5. The zero-order valence-corrected chi connectivity index (χ0v) is 11.9. The lowest BCUT2D eigenvalue weighted by Gasteiger charge is -2.06. The minimum atomic E-state index is -0.421. The fourth-order valence-electron chi connectivity index (χ4n) is 1.63. The molecule has 1 N–H and O–H groups in total. The highest BCUT2D eigenvalue weighted by Crippen LogP contribution is 2.29. The molecule has 0 aliphatic carbocycles. The number of nitrogens with zero attached hydrogens (tertiary/aromatic N) is 3. The first-order chi connectivity index (χ1) is 9.63. The first-order valence-electron chi connectivity index (χ1n) is 5.99. The minimum absolute atomic E-state index is 0.0469. The highest BCUT2D eigenvalue weighted by Gasteiger charge is 2.12. The number of aryl methyl sites for hydroxylation is 1. The molecule has 0 saturated heterocycles. The van der Waals surface area contributed by atoms with Crippen molar-refractivity contribution in [2.24, 2.45) is 0 Å². The van der Waals surface area contributed by atoms with E-state index >= 15 is 0 Å². The van der Waals surface area contributed by atoms with Gasteiger partial charge in [-0.05, 0) is 6.07 Å². The molecule has 0 aliphatic heterocycles. The van der Waals surface area contributed by atoms with E-state index in [1.165, 1.54) is 31.0 Å². The Morgan fingerprint density at radius 3 is 2.90 bits per heavy atom. The molecule has 0 spiro atoms. The average molecular weight is 294 g/mol. The molecule has 0 bridgehead atoms. The number of nitro benzene ring substituents is 1. The van der Waals surface area contributed by atoms with E-state index < -0.39 is 4.92 Å². The number of ether oxygens (including phenoxy) is 1. The molecule has 2 rings (SSSR count). The van der Waals surface area contributed by atoms with Gasteiger partial charge in [0.1, 0.15) is 11.6 Å². The molecule has 0 radical (unpaired) electrons. The van der Waals surface area contributed by atoms with Crippen molar-refractivity contribution in [3.8, 4) is 5.75 Å². The van der Waals surface area contributed by atoms with Crippen LogP contribution in [0.2, 0.25) is 0 Å². The number of hydrogen-bond donors (Lipinski definition) is 1. The third-order valence-electron chi connectivity index (χ3n) is 2.68. The summed E-state index contributed by atoms with van der Waals surface area (Å²) in [5.41, 5.74) is 0.792. The largest absolute Gasteiger partial charge is 0.496 e. The standard InChI is InChI=1S/C12H14N4O3S/c1-3-11-13-12(15-14-11)20-7-8-6-9(16(17)18)4-5-10(8)19-2/h4-6H,3,7H2,1-2H3,(H,13,14,15). The molecule has 0 unspecified atom stereocenters. The SMILES string of the molecule is CCc1nc(SCc2cc([N+](=O)[O-])ccc2OC)n[nH]1. The van der Waals surface area contributed by atoms with E-state index in [0.717, 1.165) is 17.8 Å². The summed E-state index contributed by atoms with van der Waals surface area (Å²) in [5.74, 6) is 1.94. The van der Waals surface area contributed by atoms with Gasteiger partial charge >= 0.3 is 0 Å². The number of benzene rings is 1. The lowest BCUT2D eigenvalue weighted by Crippen LogP contribution is -1.94. The molecule has 0 aliphatic rings. The second-order valence-corrected chi connectivity index (χ2v) is 4.90. The quantitative estimate of drug-likeness (QED) is 0.500. The highest BCUT2D eigenvalue weighted by molar-refractivity contribution is 7.98. The van der Waals surface area contributed by atoms with Crippen LogP contribution in [0.25, 0.3) is 0 Å². The van der Waals surface area contributed by atoms with Gasteiger partial charge in [0.25, 0.3) is 5.69 Å². The number of nitrogens with one attached hydrogen (secondary N) is 1. The number of thioether (sulfide) groups is 1. The van der Waals surface area contributed by atoms with Gasteiger partial charge in [0.05, 0.1) is 12.0 Å². The Hall–Kier alpha value is -2.09. The zero-order valence-electron chi connectivity index (χ0n) is 11.1. The van der Waals surface area contributed by atoms with Crippen molar-refractivity contribution in [1.82, 2.24) is 15.2 Å². The molecular weight excluding hydrogens is 280 g/mol. The summed E-state index contributed by atoms with van der Waals surface area (Å²) in [5, 5.41) is 18.3. The molecule has 0 fully saturated rings. The fourth-order valence-corrected chi connectivity index (χ4v) is 2.43. The Bertz CT molecular complexity index is 614. The van der Waals surface area contributed by atoms with Gasteiger partial charge < -0.3 is 4.74 Å². The van der Waals surface area contributed by atoms with Crippen LogP contribution in [0.15, 0.2) is 23.4 Å². The Balaban J connectivity index is 2.14. The lowest BCUT2D eigenvalue weighted by molar-refractivity contribution is -0.384. The maximum Gasteiger partial charge on any atom is 0.270 e. The van der Waals surface area contributed by atoms with Crippen molar-refractivity contribution in [1.29, 1.82) is 0 Å². The first kappa shape index (κ1) is 14.3. The Labute approximate surface area is 119 Å². The second kappa shape index (κ2) is 6.38. The predicted octanol–water partition coefficient (Wildman–Crippen LogP) is 2.58. The molecule has 20 heavy (non-hydrogen) atoms. The van der Waals surface area contributed by atoms with Crippen molar-refractivity contribution in [2.45, 2.75) is 24.3 Å². The molecule has 1 aromatic heterocycles. The summed E-state index contributed by atoms with van der Waals surface area (Å²) < 4.78 is 5.21. The van der Waals surface area contributed by atoms with E-state index in [2.05, 4.69) is 15.2 Å². The van der Waals surface area contributed by atoms with Crippen molar-refractivity contribution in [3.63, 3.8) is 0 Å². The van der Waals surface area contributed by atoms with Crippen LogP contribution in [0.1, 0.15) is 18.3 Å². The van der Waals surface area contributed by atoms with Gasteiger partial charge in [-0.25, -0.2) is 4.98 Å². The highest BCUT2D eigenvalue weighted by atomic mass is 32.2. The molecule has 0 amide bonds. The summed E-state index contributed by atoms with van der Waals surface area (Å²) in [6.07, 6.45) is 0.785. The van der Waals surface area contributed by atoms with Crippen molar-refractivity contribution in [3.05, 3.63) is 39.7 Å². The number of non-ortho nitro benzene ring substituents is 1. The van der Waals surface area contributed by atoms with Crippen LogP contribution in [0.3, 0.4) is 0 Å². The van der Waals surface area contributed by atoms with Crippen molar-refractivity contribution in [2.75, 3.05) is 7.11 Å². The van der Waals surface area contributed by atoms with Crippen LogP contribution in [0.5, 0.6) is 5.75 Å². The third kappa shape index (κ3) is 3.27. The van der Waals surface area contributed by atoms with Crippen LogP contribution in [-0.2, 0) is 12.2 Å². The number of methoxy groups -OCH3 is 1. The summed E-state index contributed by atoms with van der Waals surface area (Å²) >= 11 is 1.40. The number of aromatic nitrogens is 3. The number of nitro groups is 1. The van der Waals surface area contributed by atoms with E-state index in [9.17, 15) is 10.1 Å². The smallest absolute Gasteiger partial charge is 0.270 e. The average Bonchev–Trinajstić information content (AvgIpc) is 2.92. The van der Waals surface area contributed by atoms with Crippen molar-refractivity contribution < 1.29 is 9.66 Å². The molecule has 1 heterocycles. The Morgan fingerprint density at radius 1 is 1.50 bits per heavy atom. The number of rotatable bonds is 6. The van der Waals surface area contributed by atoms with Gasteiger partial charge in [-0.1, -0.05) is 18.7 Å². The van der Waals surface area contributed by atoms with Gasteiger partial charge in [0, 0.05) is 29.9 Å². The van der Waals surface area contributed by atoms with Gasteiger partial charge in [-0.3, -0.25) is 15.2 Å². The van der Waals surface area contributed by atoms with Gasteiger partial charge in [0.15, 0.2) is 0 Å².